The van der Waals surface area contributed by atoms with E-state index in [-0.39, 0.29) is 0 Å². The van der Waals surface area contributed by atoms with Crippen molar-refractivity contribution in [2.24, 2.45) is 5.73 Å². The molecule has 3 aromatic rings. The van der Waals surface area contributed by atoms with Crippen LogP contribution in [-0.2, 0) is 6.54 Å². The zero-order valence-corrected chi connectivity index (χ0v) is 10.6. The molecule has 0 aliphatic rings. The highest BCUT2D eigenvalue weighted by Crippen LogP contribution is 2.26. The highest BCUT2D eigenvalue weighted by Gasteiger charge is 2.13. The Kier molecular flexibility index (Phi) is 2.73. The highest BCUT2D eigenvalue weighted by atomic mass is 32.1. The molecule has 2 heterocycles. The summed E-state index contributed by atoms with van der Waals surface area (Å²) in [5, 5.41) is 10.4. The number of rotatable bonds is 3. The maximum Gasteiger partial charge on any atom is 0.216 e. The molecule has 92 valence electrons. The third kappa shape index (κ3) is 1.66. The normalized spacial score (nSPS) is 11.0. The number of hydrogen-bond donors (Lipinski definition) is 1. The molecule has 0 aliphatic heterocycles. The molecule has 3 rings (SSSR count). The summed E-state index contributed by atoms with van der Waals surface area (Å²) in [4.78, 5) is 0.855. The third-order valence-electron chi connectivity index (χ3n) is 2.76. The van der Waals surface area contributed by atoms with Gasteiger partial charge in [0.05, 0.1) is 12.8 Å². The van der Waals surface area contributed by atoms with E-state index in [4.69, 9.17) is 10.5 Å². The molecule has 0 saturated carbocycles. The van der Waals surface area contributed by atoms with Crippen molar-refractivity contribution >= 4 is 16.3 Å². The number of nitrogens with two attached hydrogens (primary N) is 1. The van der Waals surface area contributed by atoms with Crippen molar-refractivity contribution in [1.82, 2.24) is 14.6 Å². The number of benzene rings is 1. The number of aromatic nitrogens is 3. The van der Waals surface area contributed by atoms with Gasteiger partial charge in [-0.15, -0.1) is 21.5 Å². The lowest BCUT2D eigenvalue weighted by Crippen LogP contribution is -2.01. The molecule has 18 heavy (non-hydrogen) atoms. The van der Waals surface area contributed by atoms with E-state index in [9.17, 15) is 0 Å². The summed E-state index contributed by atoms with van der Waals surface area (Å²) in [7, 11) is 1.65. The summed E-state index contributed by atoms with van der Waals surface area (Å²) in [6.07, 6.45) is 0. The van der Waals surface area contributed by atoms with E-state index in [0.717, 1.165) is 27.8 Å². The van der Waals surface area contributed by atoms with E-state index >= 15 is 0 Å². The molecule has 6 heteroatoms. The first-order chi connectivity index (χ1) is 8.83. The Morgan fingerprint density at radius 1 is 1.39 bits per heavy atom. The van der Waals surface area contributed by atoms with Gasteiger partial charge in [-0.25, -0.2) is 0 Å². The van der Waals surface area contributed by atoms with Crippen molar-refractivity contribution < 1.29 is 4.74 Å². The van der Waals surface area contributed by atoms with Gasteiger partial charge in [-0.3, -0.25) is 4.40 Å². The summed E-state index contributed by atoms with van der Waals surface area (Å²) < 4.78 is 7.21. The minimum absolute atomic E-state index is 0.467. The van der Waals surface area contributed by atoms with Gasteiger partial charge < -0.3 is 10.5 Å². The monoisotopic (exact) mass is 260 g/mol. The number of fused-ring (bicyclic) bond motifs is 1. The number of thiazole rings is 1. The zero-order valence-electron chi connectivity index (χ0n) is 9.83. The van der Waals surface area contributed by atoms with Crippen LogP contribution in [0.5, 0.6) is 5.75 Å². The van der Waals surface area contributed by atoms with Crippen LogP contribution < -0.4 is 10.5 Å². The lowest BCUT2D eigenvalue weighted by Gasteiger charge is -2.03. The molecule has 0 radical (unpaired) electrons. The van der Waals surface area contributed by atoms with Crippen LogP contribution in [0.2, 0.25) is 0 Å². The molecule has 2 aromatic heterocycles. The number of ether oxygens (including phenoxy) is 1. The Balaban J connectivity index is 2.21. The summed E-state index contributed by atoms with van der Waals surface area (Å²) >= 11 is 1.54. The molecule has 0 atom stereocenters. The summed E-state index contributed by atoms with van der Waals surface area (Å²) in [5.74, 6) is 1.60. The summed E-state index contributed by atoms with van der Waals surface area (Å²) in [5.41, 5.74) is 7.71. The second-order valence-electron chi connectivity index (χ2n) is 3.80. The minimum atomic E-state index is 0.467. The van der Waals surface area contributed by atoms with Crippen LogP contribution in [0.25, 0.3) is 16.3 Å². The predicted octanol–water partition coefficient (Wildman–Crippen LogP) is 1.93. The lowest BCUT2D eigenvalue weighted by molar-refractivity contribution is 0.415. The summed E-state index contributed by atoms with van der Waals surface area (Å²) in [6.45, 7) is 0.467. The molecule has 0 aliphatic carbocycles. The molecule has 0 saturated heterocycles. The minimum Gasteiger partial charge on any atom is -0.497 e. The highest BCUT2D eigenvalue weighted by molar-refractivity contribution is 7.15. The van der Waals surface area contributed by atoms with Crippen LogP contribution >= 0.6 is 11.3 Å². The van der Waals surface area contributed by atoms with Crippen molar-refractivity contribution in [2.45, 2.75) is 6.54 Å². The molecule has 0 amide bonds. The molecule has 0 spiro atoms. The van der Waals surface area contributed by atoms with Gasteiger partial charge in [0.1, 0.15) is 5.75 Å². The van der Waals surface area contributed by atoms with Gasteiger partial charge in [0, 0.05) is 17.5 Å². The fourth-order valence-electron chi connectivity index (χ4n) is 1.87. The van der Waals surface area contributed by atoms with Crippen LogP contribution in [0, 0.1) is 0 Å². The van der Waals surface area contributed by atoms with E-state index in [2.05, 4.69) is 10.2 Å². The fourth-order valence-corrected chi connectivity index (χ4v) is 2.71. The number of methoxy groups -OCH3 is 1. The molecular formula is C12H12N4OS. The van der Waals surface area contributed by atoms with Crippen molar-refractivity contribution in [1.29, 1.82) is 0 Å². The lowest BCUT2D eigenvalue weighted by atomic mass is 10.2. The quantitative estimate of drug-likeness (QED) is 0.781. The van der Waals surface area contributed by atoms with Crippen LogP contribution in [0.1, 0.15) is 5.69 Å². The van der Waals surface area contributed by atoms with Crippen molar-refractivity contribution in [2.75, 3.05) is 7.11 Å². The maximum absolute atomic E-state index is 5.73. The molecule has 0 unspecified atom stereocenters. The molecule has 0 fully saturated rings. The van der Waals surface area contributed by atoms with E-state index in [1.165, 1.54) is 0 Å². The predicted molar refractivity (Wildman–Crippen MR) is 70.7 cm³/mol. The van der Waals surface area contributed by atoms with Crippen LogP contribution in [0.3, 0.4) is 0 Å². The topological polar surface area (TPSA) is 65.4 Å². The molecule has 2 N–H and O–H groups in total. The summed E-state index contributed by atoms with van der Waals surface area (Å²) in [6, 6.07) is 7.76. The first kappa shape index (κ1) is 11.2. The third-order valence-corrected chi connectivity index (χ3v) is 3.62. The van der Waals surface area contributed by atoms with E-state index in [1.807, 2.05) is 34.0 Å². The molecule has 1 aromatic carbocycles. The number of hydrogen-bond acceptors (Lipinski definition) is 5. The van der Waals surface area contributed by atoms with E-state index < -0.39 is 0 Å². The van der Waals surface area contributed by atoms with Gasteiger partial charge in [0.25, 0.3) is 0 Å². The first-order valence-corrected chi connectivity index (χ1v) is 6.37. The van der Waals surface area contributed by atoms with Crippen molar-refractivity contribution in [3.8, 4) is 17.1 Å². The second kappa shape index (κ2) is 4.40. The standard InChI is InChI=1S/C12H12N4OS/c1-17-10-4-2-3-8(5-10)11-14-15-12-16(11)9(6-13)7-18-12/h2-5,7H,6,13H2,1H3. The van der Waals surface area contributed by atoms with Gasteiger partial charge in [-0.1, -0.05) is 12.1 Å². The molecule has 0 bridgehead atoms. The Labute approximate surface area is 108 Å². The average molecular weight is 260 g/mol. The zero-order chi connectivity index (χ0) is 12.5. The average Bonchev–Trinajstić information content (AvgIpc) is 2.99. The van der Waals surface area contributed by atoms with Gasteiger partial charge in [-0.2, -0.15) is 0 Å². The van der Waals surface area contributed by atoms with E-state index in [1.54, 1.807) is 18.4 Å². The van der Waals surface area contributed by atoms with E-state index in [0.29, 0.717) is 6.54 Å². The largest absolute Gasteiger partial charge is 0.497 e. The Bertz CT molecular complexity index is 688. The Hall–Kier alpha value is -1.92. The Morgan fingerprint density at radius 2 is 2.28 bits per heavy atom. The van der Waals surface area contributed by atoms with Crippen LogP contribution in [0.4, 0.5) is 0 Å². The van der Waals surface area contributed by atoms with Gasteiger partial charge in [-0.05, 0) is 12.1 Å². The smallest absolute Gasteiger partial charge is 0.216 e. The molecule has 5 nitrogen and oxygen atoms in total. The number of nitrogens with zero attached hydrogens (tertiary/aromatic N) is 3. The first-order valence-electron chi connectivity index (χ1n) is 5.49. The van der Waals surface area contributed by atoms with Crippen molar-refractivity contribution in [3.05, 3.63) is 35.3 Å². The van der Waals surface area contributed by atoms with Crippen molar-refractivity contribution in [3.63, 3.8) is 0 Å². The SMILES string of the molecule is COc1cccc(-c2nnc3scc(CN)n23)c1. The maximum atomic E-state index is 5.73. The van der Waals surface area contributed by atoms with Crippen LogP contribution in [0.15, 0.2) is 29.6 Å². The van der Waals surface area contributed by atoms with Gasteiger partial charge >= 0.3 is 0 Å². The fraction of sp³-hybridized carbons (Fsp3) is 0.167. The van der Waals surface area contributed by atoms with Crippen LogP contribution in [-0.4, -0.2) is 21.7 Å². The second-order valence-corrected chi connectivity index (χ2v) is 4.64. The molecular weight excluding hydrogens is 248 g/mol. The van der Waals surface area contributed by atoms with Gasteiger partial charge in [0.2, 0.25) is 4.96 Å². The Morgan fingerprint density at radius 3 is 3.06 bits per heavy atom. The van der Waals surface area contributed by atoms with Gasteiger partial charge in [0.15, 0.2) is 5.82 Å².